The highest BCUT2D eigenvalue weighted by molar-refractivity contribution is 5.93. The lowest BCUT2D eigenvalue weighted by molar-refractivity contribution is -0.122. The van der Waals surface area contributed by atoms with Crippen LogP contribution < -0.4 is 16.4 Å². The first-order valence-electron chi connectivity index (χ1n) is 15.1. The van der Waals surface area contributed by atoms with Gasteiger partial charge in [-0.1, -0.05) is 24.3 Å². The maximum atomic E-state index is 12.9. The van der Waals surface area contributed by atoms with E-state index >= 15 is 0 Å². The Kier molecular flexibility index (Phi) is 7.38. The van der Waals surface area contributed by atoms with Crippen LogP contribution in [0.2, 0.25) is 0 Å². The average molecular weight is 604 g/mol. The van der Waals surface area contributed by atoms with E-state index in [0.717, 1.165) is 48.9 Å². The number of nitrogen functional groups attached to an aromatic ring is 1. The van der Waals surface area contributed by atoms with Crippen molar-refractivity contribution in [3.8, 4) is 28.3 Å². The molecule has 5 aromatic rings. The third-order valence-electron chi connectivity index (χ3n) is 8.83. The van der Waals surface area contributed by atoms with Gasteiger partial charge in [0.1, 0.15) is 11.3 Å². The number of amides is 2. The zero-order valence-corrected chi connectivity index (χ0v) is 24.6. The normalized spacial score (nSPS) is 16.2. The fourth-order valence-corrected chi connectivity index (χ4v) is 6.26. The summed E-state index contributed by atoms with van der Waals surface area (Å²) in [5.41, 5.74) is 11.7. The number of carbonyl (C=O) groups is 2. The molecular formula is C34H33N7O4. The topological polar surface area (TPSA) is 157 Å². The van der Waals surface area contributed by atoms with Gasteiger partial charge in [0.15, 0.2) is 11.5 Å². The number of nitrogens with zero attached hydrogens (tertiary/aromatic N) is 4. The second-order valence-corrected chi connectivity index (χ2v) is 11.6. The Bertz CT molecular complexity index is 1890. The molecule has 228 valence electrons. The van der Waals surface area contributed by atoms with Gasteiger partial charge in [-0.25, -0.2) is 19.7 Å². The number of rotatable bonds is 7. The summed E-state index contributed by atoms with van der Waals surface area (Å²) in [7, 11) is 0. The van der Waals surface area contributed by atoms with Crippen LogP contribution >= 0.6 is 0 Å². The Balaban J connectivity index is 1.28. The van der Waals surface area contributed by atoms with E-state index in [9.17, 15) is 14.7 Å². The van der Waals surface area contributed by atoms with Crippen LogP contribution in [0.4, 0.5) is 16.3 Å². The Morgan fingerprint density at radius 1 is 0.978 bits per heavy atom. The first kappa shape index (κ1) is 28.5. The van der Waals surface area contributed by atoms with Gasteiger partial charge >= 0.3 is 6.09 Å². The molecule has 2 amide bonds. The zero-order chi connectivity index (χ0) is 31.0. The summed E-state index contributed by atoms with van der Waals surface area (Å²) in [6, 6.07) is 23.0. The van der Waals surface area contributed by atoms with Crippen LogP contribution in [0.15, 0.2) is 79.0 Å². The number of hydrogen-bond acceptors (Lipinski definition) is 7. The number of carbonyl (C=O) groups excluding carboxylic acids is 1. The van der Waals surface area contributed by atoms with Crippen LogP contribution in [-0.4, -0.2) is 49.8 Å². The van der Waals surface area contributed by atoms with E-state index in [4.69, 9.17) is 20.4 Å². The number of nitrogens with two attached hydrogens (primary N) is 1. The average Bonchev–Trinajstić information content (AvgIpc) is 3.42. The number of imidazole rings is 1. The minimum atomic E-state index is -1.03. The largest absolute Gasteiger partial charge is 0.465 e. The predicted octanol–water partition coefficient (Wildman–Crippen LogP) is 5.74. The molecule has 0 bridgehead atoms. The Morgan fingerprint density at radius 3 is 2.49 bits per heavy atom. The second kappa shape index (κ2) is 11.7. The zero-order valence-electron chi connectivity index (χ0n) is 24.6. The standard InChI is InChI=1S/C34H33N7O4/c35-29-26(6-2-17-36-29)30-39-28-12-11-27(22-4-1-5-24(20-22)37-32(42)21-13-18-45-19-14-21)38-31(28)41(30)25-9-7-23(8-10-25)34(15-3-16-34)40-33(43)44/h1-2,4-12,17,20-21,40H,3,13-16,18-19H2,(H2,35,36)(H,37,42)(H,43,44). The van der Waals surface area contributed by atoms with Gasteiger partial charge in [-0.3, -0.25) is 9.36 Å². The van der Waals surface area contributed by atoms with E-state index < -0.39 is 11.6 Å². The van der Waals surface area contributed by atoms with Gasteiger partial charge in [-0.2, -0.15) is 0 Å². The second-order valence-electron chi connectivity index (χ2n) is 11.6. The number of pyridine rings is 2. The molecule has 1 aliphatic heterocycles. The van der Waals surface area contributed by atoms with Gasteiger partial charge in [0.2, 0.25) is 5.91 Å². The minimum absolute atomic E-state index is 0.00122. The lowest BCUT2D eigenvalue weighted by Crippen LogP contribution is -2.50. The van der Waals surface area contributed by atoms with Crippen molar-refractivity contribution in [2.24, 2.45) is 5.92 Å². The van der Waals surface area contributed by atoms with Crippen LogP contribution in [0, 0.1) is 5.92 Å². The molecule has 2 aliphatic rings. The molecule has 45 heavy (non-hydrogen) atoms. The number of anilines is 2. The maximum Gasteiger partial charge on any atom is 0.405 e. The van der Waals surface area contributed by atoms with Gasteiger partial charge in [-0.15, -0.1) is 0 Å². The summed E-state index contributed by atoms with van der Waals surface area (Å²) in [6.07, 6.45) is 4.51. The van der Waals surface area contributed by atoms with E-state index in [-0.39, 0.29) is 11.8 Å². The van der Waals surface area contributed by atoms with Crippen molar-refractivity contribution < 1.29 is 19.4 Å². The molecule has 1 saturated heterocycles. The van der Waals surface area contributed by atoms with Gasteiger partial charge in [-0.05, 0) is 86.2 Å². The smallest absolute Gasteiger partial charge is 0.405 e. The number of fused-ring (bicyclic) bond motifs is 1. The molecule has 11 heteroatoms. The SMILES string of the molecule is Nc1ncccc1-c1nc2ccc(-c3cccc(NC(=O)C4CCOCC4)c3)nc2n1-c1ccc(C2(NC(=O)O)CCC2)cc1. The molecule has 2 fully saturated rings. The van der Waals surface area contributed by atoms with E-state index in [1.54, 1.807) is 6.20 Å². The fourth-order valence-electron chi connectivity index (χ4n) is 6.26. The highest BCUT2D eigenvalue weighted by Gasteiger charge is 2.40. The summed E-state index contributed by atoms with van der Waals surface area (Å²) in [4.78, 5) is 38.7. The van der Waals surface area contributed by atoms with E-state index in [0.29, 0.717) is 53.0 Å². The fraction of sp³-hybridized carbons (Fsp3) is 0.265. The highest BCUT2D eigenvalue weighted by atomic mass is 16.5. The van der Waals surface area contributed by atoms with E-state index in [2.05, 4.69) is 15.6 Å². The molecule has 4 heterocycles. The molecule has 1 aliphatic carbocycles. The molecule has 0 spiro atoms. The number of benzene rings is 2. The van der Waals surface area contributed by atoms with Crippen molar-refractivity contribution in [1.29, 1.82) is 0 Å². The molecule has 3 aromatic heterocycles. The summed E-state index contributed by atoms with van der Waals surface area (Å²) < 4.78 is 7.35. The Labute approximate surface area is 259 Å². The summed E-state index contributed by atoms with van der Waals surface area (Å²) in [5, 5.41) is 15.2. The van der Waals surface area contributed by atoms with Crippen LogP contribution in [0.25, 0.3) is 39.5 Å². The summed E-state index contributed by atoms with van der Waals surface area (Å²) in [6.45, 7) is 1.20. The number of aromatic nitrogens is 4. The van der Waals surface area contributed by atoms with Gasteiger partial charge < -0.3 is 26.2 Å². The number of carboxylic acid groups (broad SMARTS) is 1. The molecule has 2 aromatic carbocycles. The number of ether oxygens (including phenoxy) is 1. The first-order valence-corrected chi connectivity index (χ1v) is 15.1. The third-order valence-corrected chi connectivity index (χ3v) is 8.83. The van der Waals surface area contributed by atoms with Gasteiger partial charge in [0, 0.05) is 42.3 Å². The monoisotopic (exact) mass is 603 g/mol. The number of hydrogen-bond donors (Lipinski definition) is 4. The maximum absolute atomic E-state index is 12.9. The van der Waals surface area contributed by atoms with Gasteiger partial charge in [0.25, 0.3) is 0 Å². The molecule has 0 radical (unpaired) electrons. The highest BCUT2D eigenvalue weighted by Crippen LogP contribution is 2.42. The van der Waals surface area contributed by atoms with Crippen molar-refractivity contribution in [2.45, 2.75) is 37.6 Å². The lowest BCUT2D eigenvalue weighted by atomic mass is 9.72. The summed E-state index contributed by atoms with van der Waals surface area (Å²) in [5.74, 6) is 0.877. The van der Waals surface area contributed by atoms with E-state index in [1.165, 1.54) is 0 Å². The molecule has 1 saturated carbocycles. The Hall–Kier alpha value is -5.29. The molecular weight excluding hydrogens is 570 g/mol. The van der Waals surface area contributed by atoms with Crippen LogP contribution in [0.5, 0.6) is 0 Å². The first-order chi connectivity index (χ1) is 21.9. The minimum Gasteiger partial charge on any atom is -0.465 e. The van der Waals surface area contributed by atoms with Crippen molar-refractivity contribution in [2.75, 3.05) is 24.3 Å². The van der Waals surface area contributed by atoms with Gasteiger partial charge in [0.05, 0.1) is 16.8 Å². The molecule has 7 rings (SSSR count). The number of nitrogens with one attached hydrogen (secondary N) is 2. The van der Waals surface area contributed by atoms with Crippen molar-refractivity contribution in [3.05, 3.63) is 84.6 Å². The summed E-state index contributed by atoms with van der Waals surface area (Å²) >= 11 is 0. The van der Waals surface area contributed by atoms with Crippen molar-refractivity contribution in [3.63, 3.8) is 0 Å². The van der Waals surface area contributed by atoms with Crippen LogP contribution in [-0.2, 0) is 15.1 Å². The molecule has 5 N–H and O–H groups in total. The van der Waals surface area contributed by atoms with Crippen LogP contribution in [0.1, 0.15) is 37.7 Å². The van der Waals surface area contributed by atoms with Crippen molar-refractivity contribution >= 4 is 34.7 Å². The predicted molar refractivity (Wildman–Crippen MR) is 171 cm³/mol. The molecule has 0 unspecified atom stereocenters. The van der Waals surface area contributed by atoms with Crippen molar-refractivity contribution in [1.82, 2.24) is 24.8 Å². The third kappa shape index (κ3) is 5.46. The quantitative estimate of drug-likeness (QED) is 0.183. The Morgan fingerprint density at radius 2 is 1.78 bits per heavy atom. The van der Waals surface area contributed by atoms with Crippen LogP contribution in [0.3, 0.4) is 0 Å². The lowest BCUT2D eigenvalue weighted by Gasteiger charge is -2.42. The van der Waals surface area contributed by atoms with E-state index in [1.807, 2.05) is 77.4 Å². The molecule has 0 atom stereocenters. The molecule has 11 nitrogen and oxygen atoms in total.